The fourth-order valence-electron chi connectivity index (χ4n) is 2.04. The van der Waals surface area contributed by atoms with Crippen LogP contribution >= 0.6 is 23.5 Å². The molecule has 0 spiro atoms. The van der Waals surface area contributed by atoms with Crippen LogP contribution in [0.2, 0.25) is 0 Å². The highest BCUT2D eigenvalue weighted by Crippen LogP contribution is 2.30. The number of aliphatic hydroxyl groups is 1. The second kappa shape index (κ2) is 14.6. The summed E-state index contributed by atoms with van der Waals surface area (Å²) in [6.07, 6.45) is 0.329. The summed E-state index contributed by atoms with van der Waals surface area (Å²) in [7, 11) is -13.9. The number of aromatic amines is 1. The molecule has 0 saturated carbocycles. The molecule has 0 aromatic carbocycles. The van der Waals surface area contributed by atoms with E-state index in [1.165, 1.54) is 10.8 Å². The largest absolute Gasteiger partial charge is 0.466 e. The number of hydrogen-bond donors (Lipinski definition) is 11. The molecule has 1 aliphatic heterocycles. The molecular formula is C10H22N5O16P3. The van der Waals surface area contributed by atoms with E-state index >= 15 is 0 Å². The Morgan fingerprint density at radius 1 is 1.06 bits per heavy atom. The van der Waals surface area contributed by atoms with Gasteiger partial charge in [0.05, 0.1) is 18.8 Å². The molecule has 198 valence electrons. The second-order valence-electron chi connectivity index (χ2n) is 5.84. The number of ether oxygens (including phenoxy) is 1. The van der Waals surface area contributed by atoms with E-state index < -0.39 is 53.1 Å². The molecule has 1 aliphatic rings. The monoisotopic (exact) mass is 561 g/mol. The lowest BCUT2D eigenvalue weighted by Crippen LogP contribution is -2.33. The SMILES string of the molecule is Cc1cn([C@H]2C[C@H](N=[N+]=[N-])[C@@H](CO)O2)c(=O)[nH]c1=O.O=P(O)(O)O.O=P(O)(O)O.O=P(O)(O)O. The highest BCUT2D eigenvalue weighted by Gasteiger charge is 2.35. The van der Waals surface area contributed by atoms with Gasteiger partial charge in [-0.2, -0.15) is 0 Å². The van der Waals surface area contributed by atoms with Crippen LogP contribution in [0.15, 0.2) is 20.9 Å². The van der Waals surface area contributed by atoms with Gasteiger partial charge in [0.1, 0.15) is 6.23 Å². The average Bonchev–Trinajstić information content (AvgIpc) is 2.97. The fraction of sp³-hybridized carbons (Fsp3) is 0.600. The van der Waals surface area contributed by atoms with E-state index in [2.05, 4.69) is 15.0 Å². The van der Waals surface area contributed by atoms with Crippen molar-refractivity contribution < 1.29 is 67.6 Å². The minimum absolute atomic E-state index is 0.265. The Bertz CT molecular complexity index is 1010. The molecule has 1 saturated heterocycles. The molecule has 0 aliphatic carbocycles. The van der Waals surface area contributed by atoms with Crippen molar-refractivity contribution in [2.45, 2.75) is 31.7 Å². The van der Waals surface area contributed by atoms with Gasteiger partial charge >= 0.3 is 29.2 Å². The van der Waals surface area contributed by atoms with E-state index in [-0.39, 0.29) is 13.0 Å². The van der Waals surface area contributed by atoms with E-state index in [4.69, 9.17) is 73.1 Å². The summed E-state index contributed by atoms with van der Waals surface area (Å²) in [6.45, 7) is 1.26. The van der Waals surface area contributed by atoms with Crippen molar-refractivity contribution in [3.05, 3.63) is 43.0 Å². The molecular weight excluding hydrogens is 539 g/mol. The Balaban J connectivity index is 0. The van der Waals surface area contributed by atoms with E-state index in [1.54, 1.807) is 6.92 Å². The first-order valence-corrected chi connectivity index (χ1v) is 12.7. The first-order valence-electron chi connectivity index (χ1n) is 8.04. The van der Waals surface area contributed by atoms with Gasteiger partial charge in [-0.25, -0.2) is 18.5 Å². The second-order valence-corrected chi connectivity index (χ2v) is 8.92. The van der Waals surface area contributed by atoms with Crippen molar-refractivity contribution in [3.8, 4) is 0 Å². The number of nitrogens with zero attached hydrogens (tertiary/aromatic N) is 4. The van der Waals surface area contributed by atoms with Gasteiger partial charge in [-0.1, -0.05) is 5.11 Å². The van der Waals surface area contributed by atoms with Crippen LogP contribution in [-0.4, -0.2) is 77.5 Å². The molecule has 2 heterocycles. The number of H-pyrrole nitrogens is 1. The lowest BCUT2D eigenvalue weighted by atomic mass is 10.1. The Labute approximate surface area is 187 Å². The van der Waals surface area contributed by atoms with Crippen molar-refractivity contribution in [1.82, 2.24) is 9.55 Å². The van der Waals surface area contributed by atoms with Gasteiger partial charge in [-0.15, -0.1) is 0 Å². The molecule has 1 aromatic rings. The molecule has 1 aromatic heterocycles. The minimum Gasteiger partial charge on any atom is -0.394 e. The third-order valence-electron chi connectivity index (χ3n) is 3.04. The molecule has 24 heteroatoms. The predicted molar refractivity (Wildman–Crippen MR) is 107 cm³/mol. The molecule has 0 radical (unpaired) electrons. The Morgan fingerprint density at radius 3 is 1.82 bits per heavy atom. The van der Waals surface area contributed by atoms with Gasteiger partial charge in [-0.05, 0) is 12.5 Å². The van der Waals surface area contributed by atoms with E-state index in [9.17, 15) is 9.59 Å². The number of phosphoric acid groups is 3. The van der Waals surface area contributed by atoms with Crippen LogP contribution in [0, 0.1) is 6.92 Å². The Hall–Kier alpha value is -1.76. The van der Waals surface area contributed by atoms with Crippen LogP contribution in [0.5, 0.6) is 0 Å². The fourth-order valence-corrected chi connectivity index (χ4v) is 2.04. The number of rotatable bonds is 3. The maximum absolute atomic E-state index is 11.7. The van der Waals surface area contributed by atoms with Crippen molar-refractivity contribution >= 4 is 23.5 Å². The molecule has 11 N–H and O–H groups in total. The third kappa shape index (κ3) is 20.8. The van der Waals surface area contributed by atoms with Crippen LogP contribution < -0.4 is 11.2 Å². The lowest BCUT2D eigenvalue weighted by Gasteiger charge is -2.14. The summed E-state index contributed by atoms with van der Waals surface area (Å²) >= 11 is 0. The summed E-state index contributed by atoms with van der Waals surface area (Å²) in [5.41, 5.74) is 7.76. The Kier molecular flexibility index (Phi) is 14.8. The van der Waals surface area contributed by atoms with E-state index in [1.807, 2.05) is 0 Å². The number of aromatic nitrogens is 2. The Morgan fingerprint density at radius 2 is 1.47 bits per heavy atom. The van der Waals surface area contributed by atoms with E-state index in [0.29, 0.717) is 5.56 Å². The highest BCUT2D eigenvalue weighted by molar-refractivity contribution is 7.45. The number of azide groups is 1. The summed E-state index contributed by atoms with van der Waals surface area (Å²) < 4.78 is 33.3. The zero-order valence-corrected chi connectivity index (χ0v) is 19.5. The van der Waals surface area contributed by atoms with Crippen molar-refractivity contribution in [2.75, 3.05) is 6.61 Å². The standard InChI is InChI=1S/C10H13N5O4.3H3O4P/c1-5-3-15(10(18)12-9(5)17)8-2-6(13-14-11)7(4-16)19-8;3*1-5(2,3)4/h3,6-8,16H,2,4H2,1H3,(H,12,17,18);3*(H3,1,2,3,4)/t6-,7+,8+;;;/m0.../s1. The van der Waals surface area contributed by atoms with Crippen LogP contribution in [0.4, 0.5) is 0 Å². The maximum atomic E-state index is 11.7. The maximum Gasteiger partial charge on any atom is 0.466 e. The van der Waals surface area contributed by atoms with Crippen molar-refractivity contribution in [2.24, 2.45) is 5.11 Å². The average molecular weight is 561 g/mol. The minimum atomic E-state index is -4.64. The van der Waals surface area contributed by atoms with Gasteiger partial charge in [0.15, 0.2) is 0 Å². The zero-order chi connectivity index (χ0) is 27.5. The van der Waals surface area contributed by atoms with Gasteiger partial charge in [0.2, 0.25) is 0 Å². The molecule has 21 nitrogen and oxygen atoms in total. The zero-order valence-electron chi connectivity index (χ0n) is 16.8. The number of hydrogen-bond acceptors (Lipinski definition) is 8. The predicted octanol–water partition coefficient (Wildman–Crippen LogP) is -2.98. The smallest absolute Gasteiger partial charge is 0.394 e. The molecule has 0 unspecified atom stereocenters. The number of aryl methyl sites for hydroxylation is 1. The topological polar surface area (TPSA) is 366 Å². The van der Waals surface area contributed by atoms with Crippen LogP contribution in [0.1, 0.15) is 18.2 Å². The lowest BCUT2D eigenvalue weighted by molar-refractivity contribution is -0.0271. The van der Waals surface area contributed by atoms with Gasteiger partial charge < -0.3 is 53.9 Å². The van der Waals surface area contributed by atoms with Gasteiger partial charge in [-0.3, -0.25) is 14.3 Å². The summed E-state index contributed by atoms with van der Waals surface area (Å²) in [6, 6.07) is -0.542. The van der Waals surface area contributed by atoms with Crippen LogP contribution in [-0.2, 0) is 18.4 Å². The molecule has 0 bridgehead atoms. The van der Waals surface area contributed by atoms with Gasteiger partial charge in [0, 0.05) is 23.1 Å². The quantitative estimate of drug-likeness (QED) is 0.0758. The molecule has 0 amide bonds. The number of aliphatic hydroxyl groups excluding tert-OH is 1. The molecule has 2 rings (SSSR count). The molecule has 3 atom stereocenters. The first kappa shape index (κ1) is 34.4. The third-order valence-corrected chi connectivity index (χ3v) is 3.04. The van der Waals surface area contributed by atoms with Crippen LogP contribution in [0.25, 0.3) is 10.4 Å². The van der Waals surface area contributed by atoms with E-state index in [0.717, 1.165) is 0 Å². The molecule has 1 fully saturated rings. The first-order chi connectivity index (χ1) is 15.1. The normalized spacial score (nSPS) is 19.8. The van der Waals surface area contributed by atoms with Gasteiger partial charge in [0.25, 0.3) is 5.56 Å². The van der Waals surface area contributed by atoms with Crippen LogP contribution in [0.3, 0.4) is 0 Å². The summed E-state index contributed by atoms with van der Waals surface area (Å²) in [5.74, 6) is 0. The molecule has 34 heavy (non-hydrogen) atoms. The number of nitrogens with one attached hydrogen (secondary N) is 1. The summed E-state index contributed by atoms with van der Waals surface area (Å²) in [5, 5.41) is 12.7. The highest BCUT2D eigenvalue weighted by atomic mass is 31.2. The summed E-state index contributed by atoms with van der Waals surface area (Å²) in [4.78, 5) is 92.5. The van der Waals surface area contributed by atoms with Crippen molar-refractivity contribution in [1.29, 1.82) is 0 Å². The van der Waals surface area contributed by atoms with Crippen molar-refractivity contribution in [3.63, 3.8) is 0 Å².